The Bertz CT molecular complexity index is 222. The molecule has 0 rings (SSSR count). The summed E-state index contributed by atoms with van der Waals surface area (Å²) in [4.78, 5) is 20.7. The van der Waals surface area contributed by atoms with E-state index in [0.717, 1.165) is 25.7 Å². The lowest BCUT2D eigenvalue weighted by molar-refractivity contribution is -0.350. The topological polar surface area (TPSA) is 65.0 Å². The third kappa shape index (κ3) is 11.7. The van der Waals surface area contributed by atoms with Crippen LogP contribution in [-0.4, -0.2) is 29.6 Å². The zero-order valence-electron chi connectivity index (χ0n) is 11.9. The first-order valence-corrected chi connectivity index (χ1v) is 6.55. The van der Waals surface area contributed by atoms with Crippen LogP contribution in [0.2, 0.25) is 0 Å². The van der Waals surface area contributed by atoms with Crippen LogP contribution in [0.25, 0.3) is 0 Å². The first kappa shape index (κ1) is 17.2. The summed E-state index contributed by atoms with van der Waals surface area (Å²) in [6.45, 7) is 8.10. The highest BCUT2D eigenvalue weighted by atomic mass is 17.2. The van der Waals surface area contributed by atoms with E-state index in [9.17, 15) is 4.79 Å². The zero-order chi connectivity index (χ0) is 14.0. The molecular weight excluding hydrogens is 236 g/mol. The van der Waals surface area contributed by atoms with Crippen molar-refractivity contribution in [3.8, 4) is 0 Å². The van der Waals surface area contributed by atoms with Crippen molar-refractivity contribution >= 4 is 6.16 Å². The number of carbonyl (C=O) groups is 1. The molecule has 0 bridgehead atoms. The van der Waals surface area contributed by atoms with Crippen LogP contribution in [0.1, 0.15) is 59.8 Å². The molecule has 0 heterocycles. The Morgan fingerprint density at radius 3 is 2.39 bits per heavy atom. The molecule has 5 heteroatoms. The van der Waals surface area contributed by atoms with Gasteiger partial charge in [-0.1, -0.05) is 19.8 Å². The summed E-state index contributed by atoms with van der Waals surface area (Å²) in [7, 11) is 0. The van der Waals surface area contributed by atoms with Crippen LogP contribution in [0.4, 0.5) is 4.79 Å². The van der Waals surface area contributed by atoms with Crippen LogP contribution in [0, 0.1) is 0 Å². The highest BCUT2D eigenvalue weighted by Crippen LogP contribution is 2.12. The molecule has 0 aliphatic heterocycles. The Morgan fingerprint density at radius 1 is 1.22 bits per heavy atom. The summed E-state index contributed by atoms with van der Waals surface area (Å²) in [6, 6.07) is 0. The maximum absolute atomic E-state index is 10.5. The van der Waals surface area contributed by atoms with Gasteiger partial charge in [0.1, 0.15) is 6.10 Å². The molecule has 0 aromatic carbocycles. The molecule has 0 saturated carbocycles. The van der Waals surface area contributed by atoms with Crippen LogP contribution < -0.4 is 0 Å². The number of rotatable bonds is 9. The lowest BCUT2D eigenvalue weighted by Crippen LogP contribution is -2.23. The molecule has 0 aromatic rings. The van der Waals surface area contributed by atoms with Crippen molar-refractivity contribution in [1.29, 1.82) is 0 Å². The quantitative estimate of drug-likeness (QED) is 0.296. The van der Waals surface area contributed by atoms with E-state index in [1.807, 2.05) is 20.8 Å². The lowest BCUT2D eigenvalue weighted by atomic mass is 10.1. The number of carboxylic acid groups (broad SMARTS) is 1. The molecule has 108 valence electrons. The largest absolute Gasteiger partial charge is 0.506 e. The zero-order valence-corrected chi connectivity index (χ0v) is 11.9. The standard InChI is InChI=1S/C13H26O5/c1-5-6-7-8-11(17-12(14)15)9-10-16-18-13(2,3)4/h11H,5-10H2,1-4H3,(H,14,15). The molecule has 0 radical (unpaired) electrons. The van der Waals surface area contributed by atoms with Crippen molar-refractivity contribution in [3.05, 3.63) is 0 Å². The van der Waals surface area contributed by atoms with Gasteiger partial charge in [-0.15, -0.1) is 0 Å². The highest BCUT2D eigenvalue weighted by molar-refractivity contribution is 5.57. The van der Waals surface area contributed by atoms with Crippen molar-refractivity contribution in [3.63, 3.8) is 0 Å². The molecule has 1 atom stereocenters. The van der Waals surface area contributed by atoms with E-state index in [2.05, 4.69) is 6.92 Å². The van der Waals surface area contributed by atoms with Gasteiger partial charge >= 0.3 is 6.16 Å². The molecule has 1 N–H and O–H groups in total. The first-order valence-electron chi connectivity index (χ1n) is 6.55. The summed E-state index contributed by atoms with van der Waals surface area (Å²) in [5.41, 5.74) is -0.356. The van der Waals surface area contributed by atoms with Gasteiger partial charge in [0, 0.05) is 6.42 Å². The lowest BCUT2D eigenvalue weighted by Gasteiger charge is -2.19. The van der Waals surface area contributed by atoms with Crippen molar-refractivity contribution in [2.45, 2.75) is 71.5 Å². The fourth-order valence-electron chi connectivity index (χ4n) is 1.42. The Labute approximate surface area is 109 Å². The van der Waals surface area contributed by atoms with E-state index in [1.165, 1.54) is 0 Å². The van der Waals surface area contributed by atoms with Crippen LogP contribution in [0.5, 0.6) is 0 Å². The molecule has 18 heavy (non-hydrogen) atoms. The Kier molecular flexibility index (Phi) is 8.75. The second-order valence-corrected chi connectivity index (χ2v) is 5.31. The minimum atomic E-state index is -1.23. The van der Waals surface area contributed by atoms with Crippen LogP contribution >= 0.6 is 0 Å². The van der Waals surface area contributed by atoms with Crippen molar-refractivity contribution < 1.29 is 24.4 Å². The summed E-state index contributed by atoms with van der Waals surface area (Å²) < 4.78 is 4.81. The summed E-state index contributed by atoms with van der Waals surface area (Å²) in [5, 5.41) is 8.63. The SMILES string of the molecule is CCCCCC(CCOOC(C)(C)C)OC(=O)O. The molecule has 0 aliphatic rings. The fraction of sp³-hybridized carbons (Fsp3) is 0.923. The molecule has 0 spiro atoms. The Hall–Kier alpha value is -0.810. The molecule has 0 fully saturated rings. The smallest absolute Gasteiger partial charge is 0.450 e. The van der Waals surface area contributed by atoms with Gasteiger partial charge in [0.15, 0.2) is 0 Å². The minimum absolute atomic E-state index is 0.308. The molecule has 1 unspecified atom stereocenters. The summed E-state index contributed by atoms with van der Waals surface area (Å²) in [5.74, 6) is 0. The second-order valence-electron chi connectivity index (χ2n) is 5.31. The summed E-state index contributed by atoms with van der Waals surface area (Å²) >= 11 is 0. The molecule has 0 aromatic heterocycles. The van der Waals surface area contributed by atoms with Gasteiger partial charge in [0.05, 0.1) is 12.2 Å². The monoisotopic (exact) mass is 262 g/mol. The first-order chi connectivity index (χ1) is 8.35. The van der Waals surface area contributed by atoms with Crippen molar-refractivity contribution in [2.24, 2.45) is 0 Å². The average molecular weight is 262 g/mol. The van der Waals surface area contributed by atoms with E-state index in [1.54, 1.807) is 0 Å². The average Bonchev–Trinajstić information content (AvgIpc) is 2.22. The molecule has 0 aliphatic carbocycles. The van der Waals surface area contributed by atoms with Gasteiger partial charge in [-0.25, -0.2) is 14.6 Å². The van der Waals surface area contributed by atoms with Crippen molar-refractivity contribution in [1.82, 2.24) is 0 Å². The number of ether oxygens (including phenoxy) is 1. The third-order valence-electron chi connectivity index (χ3n) is 2.23. The van der Waals surface area contributed by atoms with E-state index in [4.69, 9.17) is 19.6 Å². The highest BCUT2D eigenvalue weighted by Gasteiger charge is 2.15. The molecule has 5 nitrogen and oxygen atoms in total. The van der Waals surface area contributed by atoms with E-state index in [-0.39, 0.29) is 11.7 Å². The maximum atomic E-state index is 10.5. The van der Waals surface area contributed by atoms with Gasteiger partial charge in [0.2, 0.25) is 0 Å². The molecule has 0 amide bonds. The van der Waals surface area contributed by atoms with Gasteiger partial charge in [-0.05, 0) is 33.6 Å². The van der Waals surface area contributed by atoms with Gasteiger partial charge in [0.25, 0.3) is 0 Å². The van der Waals surface area contributed by atoms with Crippen LogP contribution in [0.15, 0.2) is 0 Å². The third-order valence-corrected chi connectivity index (χ3v) is 2.23. The Balaban J connectivity index is 3.82. The predicted molar refractivity (Wildman–Crippen MR) is 68.4 cm³/mol. The number of hydrogen-bond donors (Lipinski definition) is 1. The van der Waals surface area contributed by atoms with E-state index >= 15 is 0 Å². The van der Waals surface area contributed by atoms with Crippen LogP contribution in [0.3, 0.4) is 0 Å². The van der Waals surface area contributed by atoms with Gasteiger partial charge < -0.3 is 9.84 Å². The number of hydrogen-bond acceptors (Lipinski definition) is 4. The van der Waals surface area contributed by atoms with Gasteiger partial charge in [-0.2, -0.15) is 0 Å². The number of unbranched alkanes of at least 4 members (excludes halogenated alkanes) is 2. The minimum Gasteiger partial charge on any atom is -0.450 e. The second kappa shape index (κ2) is 9.16. The maximum Gasteiger partial charge on any atom is 0.506 e. The Morgan fingerprint density at radius 2 is 1.89 bits per heavy atom. The van der Waals surface area contributed by atoms with Crippen molar-refractivity contribution in [2.75, 3.05) is 6.61 Å². The predicted octanol–water partition coefficient (Wildman–Crippen LogP) is 3.77. The molecule has 0 saturated heterocycles. The van der Waals surface area contributed by atoms with E-state index < -0.39 is 6.16 Å². The summed E-state index contributed by atoms with van der Waals surface area (Å²) in [6.07, 6.45) is 2.87. The van der Waals surface area contributed by atoms with Crippen LogP contribution in [-0.2, 0) is 14.5 Å². The normalized spacial score (nSPS) is 13.3. The fourth-order valence-corrected chi connectivity index (χ4v) is 1.42. The van der Waals surface area contributed by atoms with Gasteiger partial charge in [-0.3, -0.25) is 0 Å². The van der Waals surface area contributed by atoms with E-state index in [0.29, 0.717) is 13.0 Å². The molecular formula is C13H26O5.